The molecule has 0 radical (unpaired) electrons. The Labute approximate surface area is 218 Å². The van der Waals surface area contributed by atoms with Gasteiger partial charge in [0.25, 0.3) is 0 Å². The Bertz CT molecular complexity index is 1180. The van der Waals surface area contributed by atoms with E-state index in [1.807, 2.05) is 30.3 Å². The third kappa shape index (κ3) is 4.99. The van der Waals surface area contributed by atoms with Gasteiger partial charge < -0.3 is 19.0 Å². The number of aldehydes is 1. The molecule has 2 atom stereocenters. The van der Waals surface area contributed by atoms with Crippen molar-refractivity contribution in [2.75, 3.05) is 25.0 Å². The van der Waals surface area contributed by atoms with E-state index < -0.39 is 11.5 Å². The number of Topliss-reactive ketones (excluding diaryl/α,β-unsaturated/α-hetero) is 1. The summed E-state index contributed by atoms with van der Waals surface area (Å²) in [7, 11) is 0. The van der Waals surface area contributed by atoms with E-state index in [-0.39, 0.29) is 36.9 Å². The largest absolute Gasteiger partial charge is 0.492 e. The van der Waals surface area contributed by atoms with Gasteiger partial charge in [-0.1, -0.05) is 54.1 Å². The molecule has 0 unspecified atom stereocenters. The number of carbonyl (C=O) groups excluding carboxylic acids is 2. The Hall–Kier alpha value is -2.73. The van der Waals surface area contributed by atoms with Crippen LogP contribution in [-0.2, 0) is 10.4 Å². The molecule has 0 spiro atoms. The maximum atomic E-state index is 14.4. The van der Waals surface area contributed by atoms with E-state index in [0.29, 0.717) is 33.7 Å². The molecule has 1 aliphatic heterocycles. The first-order valence-corrected chi connectivity index (χ1v) is 12.5. The molecule has 4 rings (SSSR count). The van der Waals surface area contributed by atoms with Crippen LogP contribution in [0.3, 0.4) is 0 Å². The van der Waals surface area contributed by atoms with Crippen LogP contribution in [0.25, 0.3) is 0 Å². The number of hydrogen-bond donors (Lipinski definition) is 0. The number of ketones is 1. The Morgan fingerprint density at radius 2 is 1.63 bits per heavy atom. The van der Waals surface area contributed by atoms with Crippen molar-refractivity contribution in [3.8, 4) is 17.2 Å². The van der Waals surface area contributed by atoms with Crippen LogP contribution >= 0.6 is 34.8 Å². The van der Waals surface area contributed by atoms with Crippen molar-refractivity contribution in [2.45, 2.75) is 17.9 Å². The summed E-state index contributed by atoms with van der Waals surface area (Å²) in [6.45, 7) is 0.452. The molecule has 182 valence electrons. The van der Waals surface area contributed by atoms with Gasteiger partial charge >= 0.3 is 0 Å². The average molecular weight is 534 g/mol. The number of benzene rings is 3. The van der Waals surface area contributed by atoms with Crippen molar-refractivity contribution in [3.63, 3.8) is 0 Å². The van der Waals surface area contributed by atoms with Gasteiger partial charge in [0.1, 0.15) is 42.3 Å². The second kappa shape index (κ2) is 11.3. The van der Waals surface area contributed by atoms with E-state index >= 15 is 0 Å². The zero-order chi connectivity index (χ0) is 24.8. The molecule has 0 fully saturated rings. The highest BCUT2D eigenvalue weighted by molar-refractivity contribution is 6.30. The zero-order valence-electron chi connectivity index (χ0n) is 18.7. The first kappa shape index (κ1) is 25.4. The van der Waals surface area contributed by atoms with Crippen molar-refractivity contribution in [1.29, 1.82) is 0 Å². The maximum absolute atomic E-state index is 14.4. The van der Waals surface area contributed by atoms with Gasteiger partial charge in [0, 0.05) is 35.1 Å². The van der Waals surface area contributed by atoms with E-state index in [2.05, 4.69) is 0 Å². The molecule has 3 aromatic carbocycles. The van der Waals surface area contributed by atoms with Crippen LogP contribution in [0.2, 0.25) is 5.02 Å². The molecule has 0 bridgehead atoms. The van der Waals surface area contributed by atoms with Gasteiger partial charge in [-0.25, -0.2) is 0 Å². The van der Waals surface area contributed by atoms with Gasteiger partial charge in [0.2, 0.25) is 11.4 Å². The molecule has 5 nitrogen and oxygen atoms in total. The highest BCUT2D eigenvalue weighted by atomic mass is 35.5. The molecule has 35 heavy (non-hydrogen) atoms. The van der Waals surface area contributed by atoms with Crippen molar-refractivity contribution in [3.05, 3.63) is 88.4 Å². The average Bonchev–Trinajstić information content (AvgIpc) is 3.18. The van der Waals surface area contributed by atoms with E-state index in [1.54, 1.807) is 36.4 Å². The van der Waals surface area contributed by atoms with Crippen molar-refractivity contribution < 1.29 is 23.8 Å². The molecule has 8 heteroatoms. The number of alkyl halides is 2. The summed E-state index contributed by atoms with van der Waals surface area (Å²) < 4.78 is 18.1. The minimum Gasteiger partial charge on any atom is -0.492 e. The Balaban J connectivity index is 1.93. The third-order valence-electron chi connectivity index (χ3n) is 5.85. The van der Waals surface area contributed by atoms with Crippen molar-refractivity contribution in [2.24, 2.45) is 0 Å². The summed E-state index contributed by atoms with van der Waals surface area (Å²) in [5.74, 6) is 0.629. The molecule has 0 saturated heterocycles. The summed E-state index contributed by atoms with van der Waals surface area (Å²) >= 11 is 17.8. The zero-order valence-corrected chi connectivity index (χ0v) is 21.0. The molecular formula is C27H23Cl3O5. The lowest BCUT2D eigenvalue weighted by Gasteiger charge is -2.35. The highest BCUT2D eigenvalue weighted by Gasteiger charge is 2.56. The minimum atomic E-state index is -1.53. The second-order valence-corrected chi connectivity index (χ2v) is 9.10. The van der Waals surface area contributed by atoms with E-state index in [1.165, 1.54) is 0 Å². The first-order valence-electron chi connectivity index (χ1n) is 11.1. The fraction of sp³-hybridized carbons (Fsp3) is 0.259. The highest BCUT2D eigenvalue weighted by Crippen LogP contribution is 2.54. The standard InChI is InChI=1S/C27H23Cl3O5/c28-11-14-33-21-16-23(34-15-12-29)25-24(17-21)35-27(26(25)32,19-6-8-20(30)9-7-19)22(10-13-31)18-4-2-1-3-5-18/h1-9,13,16-17,22H,10-12,14-15H2/t22-,27-/m1/s1. The van der Waals surface area contributed by atoms with Gasteiger partial charge in [-0.15, -0.1) is 23.2 Å². The van der Waals surface area contributed by atoms with Crippen LogP contribution < -0.4 is 14.2 Å². The van der Waals surface area contributed by atoms with E-state index in [4.69, 9.17) is 49.0 Å². The normalized spacial score (nSPS) is 17.4. The van der Waals surface area contributed by atoms with E-state index in [9.17, 15) is 9.59 Å². The number of halogens is 3. The lowest BCUT2D eigenvalue weighted by atomic mass is 9.72. The Morgan fingerprint density at radius 3 is 2.29 bits per heavy atom. The molecule has 0 N–H and O–H groups in total. The lowest BCUT2D eigenvalue weighted by Crippen LogP contribution is -2.43. The summed E-state index contributed by atoms with van der Waals surface area (Å²) in [5.41, 5.74) is 0.109. The molecule has 0 amide bonds. The van der Waals surface area contributed by atoms with Gasteiger partial charge in [0.15, 0.2) is 0 Å². The molecular weight excluding hydrogens is 511 g/mol. The molecule has 1 aliphatic rings. The van der Waals surface area contributed by atoms with Gasteiger partial charge in [-0.05, 0) is 17.7 Å². The monoisotopic (exact) mass is 532 g/mol. The molecule has 0 saturated carbocycles. The Kier molecular flexibility index (Phi) is 8.22. The number of hydrogen-bond acceptors (Lipinski definition) is 5. The minimum absolute atomic E-state index is 0.0554. The first-order chi connectivity index (χ1) is 17.0. The van der Waals surface area contributed by atoms with Crippen LogP contribution in [0, 0.1) is 0 Å². The molecule has 0 aliphatic carbocycles. The third-order valence-corrected chi connectivity index (χ3v) is 6.41. The van der Waals surface area contributed by atoms with Crippen molar-refractivity contribution >= 4 is 46.9 Å². The summed E-state index contributed by atoms with van der Waals surface area (Å²) in [6, 6.07) is 19.5. The number of carbonyl (C=O) groups is 2. The van der Waals surface area contributed by atoms with Crippen LogP contribution in [0.4, 0.5) is 0 Å². The van der Waals surface area contributed by atoms with Crippen LogP contribution in [0.15, 0.2) is 66.7 Å². The number of ether oxygens (including phenoxy) is 3. The van der Waals surface area contributed by atoms with E-state index in [0.717, 1.165) is 11.8 Å². The van der Waals surface area contributed by atoms with Gasteiger partial charge in [-0.2, -0.15) is 0 Å². The second-order valence-electron chi connectivity index (χ2n) is 7.91. The Morgan fingerprint density at radius 1 is 0.943 bits per heavy atom. The molecule has 3 aromatic rings. The topological polar surface area (TPSA) is 61.8 Å². The molecule has 0 aromatic heterocycles. The SMILES string of the molecule is O=CC[C@H](c1ccccc1)[C@@]1(c2ccc(Cl)cc2)Oc2cc(OCCCl)cc(OCCCl)c2C1=O. The van der Waals surface area contributed by atoms with Crippen LogP contribution in [0.1, 0.15) is 33.8 Å². The fourth-order valence-corrected chi connectivity index (χ4v) is 4.69. The number of fused-ring (bicyclic) bond motifs is 1. The van der Waals surface area contributed by atoms with Crippen LogP contribution in [0.5, 0.6) is 17.2 Å². The van der Waals surface area contributed by atoms with Gasteiger partial charge in [0.05, 0.1) is 11.8 Å². The lowest BCUT2D eigenvalue weighted by molar-refractivity contribution is -0.109. The predicted octanol–water partition coefficient (Wildman–Crippen LogP) is 6.42. The number of rotatable bonds is 11. The summed E-state index contributed by atoms with van der Waals surface area (Å²) in [4.78, 5) is 26.2. The summed E-state index contributed by atoms with van der Waals surface area (Å²) in [5, 5.41) is 0.515. The quantitative estimate of drug-likeness (QED) is 0.210. The van der Waals surface area contributed by atoms with Crippen molar-refractivity contribution in [1.82, 2.24) is 0 Å². The fourth-order valence-electron chi connectivity index (χ4n) is 4.41. The maximum Gasteiger partial charge on any atom is 0.219 e. The smallest absolute Gasteiger partial charge is 0.219 e. The van der Waals surface area contributed by atoms with Crippen LogP contribution in [-0.4, -0.2) is 37.0 Å². The predicted molar refractivity (Wildman–Crippen MR) is 137 cm³/mol. The molecule has 1 heterocycles. The van der Waals surface area contributed by atoms with Gasteiger partial charge in [-0.3, -0.25) is 4.79 Å². The summed E-state index contributed by atoms with van der Waals surface area (Å²) in [6.07, 6.45) is 0.856.